The first-order valence-corrected chi connectivity index (χ1v) is 8.74. The molecule has 0 unspecified atom stereocenters. The smallest absolute Gasteiger partial charge is 0.319 e. The number of nitrogens with two attached hydrogens (primary N) is 1. The number of nitrogens with zero attached hydrogens (tertiary/aromatic N) is 3. The molecule has 0 bridgehead atoms. The van der Waals surface area contributed by atoms with Crippen molar-refractivity contribution in [3.63, 3.8) is 0 Å². The third-order valence-electron chi connectivity index (χ3n) is 4.21. The van der Waals surface area contributed by atoms with Crippen LogP contribution in [-0.4, -0.2) is 35.1 Å². The van der Waals surface area contributed by atoms with Gasteiger partial charge in [0.25, 0.3) is 5.91 Å². The highest BCUT2D eigenvalue weighted by atomic mass is 35.5. The molecule has 140 valence electrons. The number of rotatable bonds is 6. The van der Waals surface area contributed by atoms with Crippen LogP contribution in [-0.2, 0) is 6.42 Å². The summed E-state index contributed by atoms with van der Waals surface area (Å²) < 4.78 is 10.5. The van der Waals surface area contributed by atoms with Crippen LogP contribution in [0.4, 0.5) is 0 Å². The van der Waals surface area contributed by atoms with Gasteiger partial charge in [-0.1, -0.05) is 24.9 Å². The predicted octanol–water partition coefficient (Wildman–Crippen LogP) is 3.41. The largest absolute Gasteiger partial charge is 0.480 e. The number of methoxy groups -OCH3 is 2. The van der Waals surface area contributed by atoms with Crippen LogP contribution in [0, 0.1) is 0 Å². The van der Waals surface area contributed by atoms with Crippen LogP contribution >= 0.6 is 11.6 Å². The van der Waals surface area contributed by atoms with Gasteiger partial charge in [0.15, 0.2) is 0 Å². The number of amides is 1. The number of fused-ring (bicyclic) bond motifs is 1. The van der Waals surface area contributed by atoms with Crippen molar-refractivity contribution in [3.05, 3.63) is 40.7 Å². The van der Waals surface area contributed by atoms with E-state index in [1.54, 1.807) is 13.3 Å². The second-order valence-corrected chi connectivity index (χ2v) is 6.28. The molecule has 2 heterocycles. The molecule has 0 aliphatic rings. The zero-order valence-corrected chi connectivity index (χ0v) is 16.0. The van der Waals surface area contributed by atoms with E-state index in [0.717, 1.165) is 29.5 Å². The average Bonchev–Trinajstić information content (AvgIpc) is 2.67. The first kappa shape index (κ1) is 18.8. The lowest BCUT2D eigenvalue weighted by Crippen LogP contribution is -2.12. The lowest BCUT2D eigenvalue weighted by Gasteiger charge is -2.14. The van der Waals surface area contributed by atoms with E-state index in [9.17, 15) is 4.79 Å². The van der Waals surface area contributed by atoms with E-state index in [0.29, 0.717) is 21.8 Å². The van der Waals surface area contributed by atoms with Crippen molar-refractivity contribution in [1.82, 2.24) is 15.0 Å². The molecule has 0 fully saturated rings. The number of hydrogen-bond donors (Lipinski definition) is 1. The van der Waals surface area contributed by atoms with Gasteiger partial charge >= 0.3 is 6.01 Å². The number of hydrogen-bond acceptors (Lipinski definition) is 6. The Morgan fingerprint density at radius 3 is 2.56 bits per heavy atom. The van der Waals surface area contributed by atoms with Gasteiger partial charge in [-0.25, -0.2) is 4.98 Å². The summed E-state index contributed by atoms with van der Waals surface area (Å²) in [5.74, 6) is -0.209. The van der Waals surface area contributed by atoms with Crippen molar-refractivity contribution < 1.29 is 14.3 Å². The Morgan fingerprint density at radius 1 is 1.15 bits per heavy atom. The molecule has 0 radical (unpaired) electrons. The first-order chi connectivity index (χ1) is 13.0. The number of aromatic nitrogens is 3. The first-order valence-electron chi connectivity index (χ1n) is 8.36. The van der Waals surface area contributed by atoms with E-state index < -0.39 is 5.91 Å². The van der Waals surface area contributed by atoms with E-state index in [1.165, 1.54) is 13.3 Å². The second kappa shape index (κ2) is 7.75. The van der Waals surface area contributed by atoms with Crippen LogP contribution in [0.1, 0.15) is 29.3 Å². The zero-order chi connectivity index (χ0) is 19.6. The third-order valence-corrected chi connectivity index (χ3v) is 4.62. The number of benzene rings is 1. The molecule has 27 heavy (non-hydrogen) atoms. The maximum Gasteiger partial charge on any atom is 0.319 e. The molecule has 0 aliphatic heterocycles. The number of pyridine rings is 1. The summed E-state index contributed by atoms with van der Waals surface area (Å²) in [5, 5.41) is 0.975. The Morgan fingerprint density at radius 2 is 1.93 bits per heavy atom. The molecule has 2 aromatic heterocycles. The quantitative estimate of drug-likeness (QED) is 0.696. The summed E-state index contributed by atoms with van der Waals surface area (Å²) >= 11 is 6.40. The van der Waals surface area contributed by atoms with Gasteiger partial charge in [-0.2, -0.15) is 4.98 Å². The molecular formula is C19H19ClN4O3. The second-order valence-electron chi connectivity index (χ2n) is 5.91. The SMILES string of the molecule is CCCc1cc2c(Cl)c(C(N)=O)cnc2cc1-c1cnc(OC)nc1OC. The van der Waals surface area contributed by atoms with Crippen molar-refractivity contribution >= 4 is 28.4 Å². The lowest BCUT2D eigenvalue weighted by molar-refractivity contribution is 0.1000. The molecule has 0 saturated carbocycles. The lowest BCUT2D eigenvalue weighted by atomic mass is 9.95. The minimum atomic E-state index is -0.610. The van der Waals surface area contributed by atoms with Crippen molar-refractivity contribution in [3.8, 4) is 23.0 Å². The maximum atomic E-state index is 11.6. The Bertz CT molecular complexity index is 1020. The summed E-state index contributed by atoms with van der Waals surface area (Å²) in [6.45, 7) is 2.08. The van der Waals surface area contributed by atoms with E-state index in [2.05, 4.69) is 21.9 Å². The standard InChI is InChI=1S/C19H19ClN4O3/c1-4-5-10-6-12-15(22-9-14(16(12)20)17(21)25)7-11(10)13-8-23-19(27-3)24-18(13)26-2/h6-9H,4-5H2,1-3H3,(H2,21,25). The molecule has 3 rings (SSSR count). The fraction of sp³-hybridized carbons (Fsp3) is 0.263. The molecular weight excluding hydrogens is 368 g/mol. The van der Waals surface area contributed by atoms with Gasteiger partial charge in [0.2, 0.25) is 5.88 Å². The van der Waals surface area contributed by atoms with Gasteiger partial charge in [0.1, 0.15) is 0 Å². The minimum absolute atomic E-state index is 0.199. The van der Waals surface area contributed by atoms with E-state index >= 15 is 0 Å². The summed E-state index contributed by atoms with van der Waals surface area (Å²) in [7, 11) is 3.04. The average molecular weight is 387 g/mol. The van der Waals surface area contributed by atoms with Crippen LogP contribution in [0.2, 0.25) is 5.02 Å². The maximum absolute atomic E-state index is 11.6. The Labute approximate surface area is 161 Å². The number of aryl methyl sites for hydroxylation is 1. The predicted molar refractivity (Wildman–Crippen MR) is 103 cm³/mol. The van der Waals surface area contributed by atoms with Gasteiger partial charge in [0.05, 0.1) is 35.9 Å². The van der Waals surface area contributed by atoms with Crippen LogP contribution in [0.25, 0.3) is 22.0 Å². The molecule has 1 amide bonds. The van der Waals surface area contributed by atoms with Gasteiger partial charge in [-0.15, -0.1) is 0 Å². The van der Waals surface area contributed by atoms with Crippen molar-refractivity contribution in [2.24, 2.45) is 5.73 Å². The number of carbonyl (C=O) groups is 1. The van der Waals surface area contributed by atoms with Gasteiger partial charge in [-0.05, 0) is 29.7 Å². The minimum Gasteiger partial charge on any atom is -0.480 e. The Kier molecular flexibility index (Phi) is 5.41. The molecule has 0 spiro atoms. The Hall–Kier alpha value is -2.93. The molecule has 8 heteroatoms. The van der Waals surface area contributed by atoms with Crippen LogP contribution in [0.5, 0.6) is 11.9 Å². The fourth-order valence-corrected chi connectivity index (χ4v) is 3.23. The number of halogens is 1. The van der Waals surface area contributed by atoms with Gasteiger partial charge in [-0.3, -0.25) is 9.78 Å². The van der Waals surface area contributed by atoms with Crippen molar-refractivity contribution in [1.29, 1.82) is 0 Å². The van der Waals surface area contributed by atoms with E-state index in [1.807, 2.05) is 12.1 Å². The molecule has 2 N–H and O–H groups in total. The van der Waals surface area contributed by atoms with E-state index in [-0.39, 0.29) is 11.6 Å². The zero-order valence-electron chi connectivity index (χ0n) is 15.2. The van der Waals surface area contributed by atoms with Crippen LogP contribution < -0.4 is 15.2 Å². The van der Waals surface area contributed by atoms with E-state index in [4.69, 9.17) is 26.8 Å². The van der Waals surface area contributed by atoms with Gasteiger partial charge in [0, 0.05) is 17.8 Å². The Balaban J connectivity index is 2.28. The molecule has 0 saturated heterocycles. The monoisotopic (exact) mass is 386 g/mol. The molecule has 7 nitrogen and oxygen atoms in total. The summed E-state index contributed by atoms with van der Waals surface area (Å²) in [6, 6.07) is 4.05. The molecule has 0 aliphatic carbocycles. The fourth-order valence-electron chi connectivity index (χ4n) is 2.94. The highest BCUT2D eigenvalue weighted by molar-refractivity contribution is 6.38. The third kappa shape index (κ3) is 3.50. The van der Waals surface area contributed by atoms with Crippen LogP contribution in [0.3, 0.4) is 0 Å². The number of primary amides is 1. The molecule has 1 aromatic carbocycles. The number of carbonyl (C=O) groups excluding carboxylic acids is 1. The highest BCUT2D eigenvalue weighted by Gasteiger charge is 2.18. The summed E-state index contributed by atoms with van der Waals surface area (Å²) in [5.41, 5.74) is 8.84. The van der Waals surface area contributed by atoms with Crippen molar-refractivity contribution in [2.45, 2.75) is 19.8 Å². The molecule has 0 atom stereocenters. The number of ether oxygens (including phenoxy) is 2. The van der Waals surface area contributed by atoms with Crippen molar-refractivity contribution in [2.75, 3.05) is 14.2 Å². The highest BCUT2D eigenvalue weighted by Crippen LogP contribution is 2.36. The van der Waals surface area contributed by atoms with Gasteiger partial charge < -0.3 is 15.2 Å². The van der Waals surface area contributed by atoms with Crippen LogP contribution in [0.15, 0.2) is 24.5 Å². The topological polar surface area (TPSA) is 100 Å². The summed E-state index contributed by atoms with van der Waals surface area (Å²) in [4.78, 5) is 24.4. The molecule has 3 aromatic rings. The summed E-state index contributed by atoms with van der Waals surface area (Å²) in [6.07, 6.45) is 4.75. The normalized spacial score (nSPS) is 10.8.